The number of carbonyl (C=O) groups is 6. The van der Waals surface area contributed by atoms with Gasteiger partial charge in [0.1, 0.15) is 35.1 Å². The van der Waals surface area contributed by atoms with Crippen LogP contribution in [0.15, 0.2) is 18.2 Å². The number of ether oxygens (including phenoxy) is 4. The lowest BCUT2D eigenvalue weighted by molar-refractivity contribution is -0.132. The molecule has 0 aliphatic rings. The third kappa shape index (κ3) is 18.2. The van der Waals surface area contributed by atoms with Gasteiger partial charge in [-0.15, -0.1) is 0 Å². The van der Waals surface area contributed by atoms with E-state index in [2.05, 4.69) is 16.0 Å². The summed E-state index contributed by atoms with van der Waals surface area (Å²) in [7, 11) is 4.79. The molecular weight excluding hydrogens is 638 g/mol. The molecule has 4 amide bonds. The number of anilines is 1. The quantitative estimate of drug-likeness (QED) is 0.103. The molecule has 15 heteroatoms. The minimum Gasteiger partial charge on any atom is -0.490 e. The fourth-order valence-corrected chi connectivity index (χ4v) is 4.76. The molecule has 15 nitrogen and oxygen atoms in total. The minimum atomic E-state index is -0.778. The van der Waals surface area contributed by atoms with Crippen molar-refractivity contribution in [3.05, 3.63) is 23.8 Å². The third-order valence-electron chi connectivity index (χ3n) is 7.06. The number of hydrogen-bond donors (Lipinski definition) is 4. The Balaban J connectivity index is 3.00. The lowest BCUT2D eigenvalue weighted by atomic mass is 9.82. The minimum absolute atomic E-state index is 0.0426. The molecule has 0 bridgehead atoms. The van der Waals surface area contributed by atoms with Crippen molar-refractivity contribution in [1.82, 2.24) is 15.5 Å². The van der Waals surface area contributed by atoms with Gasteiger partial charge in [-0.25, -0.2) is 14.4 Å². The molecule has 1 aromatic rings. The van der Waals surface area contributed by atoms with Crippen LogP contribution in [-0.4, -0.2) is 107 Å². The van der Waals surface area contributed by atoms with Crippen molar-refractivity contribution in [3.8, 4) is 5.75 Å². The number of Topliss-reactive ketones (excluding diaryl/α,β-unsaturated/α-hetero) is 2. The van der Waals surface area contributed by atoms with E-state index >= 15 is 0 Å². The van der Waals surface area contributed by atoms with Crippen LogP contribution < -0.4 is 26.4 Å². The van der Waals surface area contributed by atoms with Gasteiger partial charge in [0, 0.05) is 49.5 Å². The summed E-state index contributed by atoms with van der Waals surface area (Å²) in [5.74, 6) is -2.68. The summed E-state index contributed by atoms with van der Waals surface area (Å²) >= 11 is 0. The zero-order valence-electron chi connectivity index (χ0n) is 30.1. The first-order chi connectivity index (χ1) is 22.9. The number of likely N-dealkylation sites (N-methyl/N-ethyl adjacent to an activating group) is 1. The molecule has 0 fully saturated rings. The molecule has 0 saturated heterocycles. The van der Waals surface area contributed by atoms with Crippen LogP contribution in [0.2, 0.25) is 0 Å². The fraction of sp³-hybridized carbons (Fsp3) is 0.647. The summed E-state index contributed by atoms with van der Waals surface area (Å²) in [5.41, 5.74) is 4.98. The number of rotatable bonds is 22. The van der Waals surface area contributed by atoms with Crippen LogP contribution in [0.5, 0.6) is 5.75 Å². The van der Waals surface area contributed by atoms with E-state index in [1.54, 1.807) is 39.8 Å². The molecule has 0 aliphatic heterocycles. The monoisotopic (exact) mass is 693 g/mol. The van der Waals surface area contributed by atoms with Crippen molar-refractivity contribution < 1.29 is 47.7 Å². The predicted octanol–water partition coefficient (Wildman–Crippen LogP) is 3.15. The van der Waals surface area contributed by atoms with E-state index in [1.807, 2.05) is 13.8 Å². The van der Waals surface area contributed by atoms with Crippen LogP contribution in [0.25, 0.3) is 0 Å². The zero-order valence-corrected chi connectivity index (χ0v) is 30.1. The van der Waals surface area contributed by atoms with Gasteiger partial charge >= 0.3 is 18.1 Å². The lowest BCUT2D eigenvalue weighted by Gasteiger charge is -2.23. The first-order valence-corrected chi connectivity index (χ1v) is 16.4. The Kier molecular flexibility index (Phi) is 18.9. The second kappa shape index (κ2) is 21.7. The van der Waals surface area contributed by atoms with Crippen LogP contribution in [0, 0.1) is 17.8 Å². The molecule has 0 aromatic heterocycles. The van der Waals surface area contributed by atoms with Gasteiger partial charge in [0.05, 0.1) is 26.9 Å². The maximum atomic E-state index is 13.6. The van der Waals surface area contributed by atoms with Gasteiger partial charge in [-0.2, -0.15) is 0 Å². The van der Waals surface area contributed by atoms with Crippen molar-refractivity contribution in [3.63, 3.8) is 0 Å². The number of methoxy groups -OCH3 is 1. The maximum Gasteiger partial charge on any atom is 0.407 e. The number of hydrogen-bond acceptors (Lipinski definition) is 11. The van der Waals surface area contributed by atoms with Crippen LogP contribution in [0.1, 0.15) is 70.7 Å². The molecule has 5 N–H and O–H groups in total. The molecule has 2 atom stereocenters. The number of urea groups is 1. The summed E-state index contributed by atoms with van der Waals surface area (Å²) in [6.07, 6.45) is 0.0508. The van der Waals surface area contributed by atoms with Gasteiger partial charge in [-0.3, -0.25) is 14.4 Å². The molecule has 0 radical (unpaired) electrons. The third-order valence-corrected chi connectivity index (χ3v) is 7.06. The highest BCUT2D eigenvalue weighted by Crippen LogP contribution is 2.27. The predicted molar refractivity (Wildman–Crippen MR) is 183 cm³/mol. The number of benzene rings is 1. The first kappa shape index (κ1) is 42.8. The van der Waals surface area contributed by atoms with Crippen molar-refractivity contribution >= 4 is 41.3 Å². The number of carbonyl (C=O) groups excluding carboxylic acids is 6. The van der Waals surface area contributed by atoms with Crippen molar-refractivity contribution in [2.75, 3.05) is 66.0 Å². The SMILES string of the molecule is COC(=O)c1ccc(NC(=O)[C@H](CCCNC(N)=O)CC(=O)[C@@H](CC(=O)CN(C)C)C(C)C)cc1OCCOCCNC(=O)OC(C)(C)C. The van der Waals surface area contributed by atoms with Gasteiger partial charge in [0.15, 0.2) is 0 Å². The van der Waals surface area contributed by atoms with Crippen molar-refractivity contribution in [2.45, 2.75) is 65.9 Å². The van der Waals surface area contributed by atoms with E-state index in [0.717, 1.165) is 0 Å². The van der Waals surface area contributed by atoms with E-state index in [9.17, 15) is 28.8 Å². The van der Waals surface area contributed by atoms with Gasteiger partial charge in [0.25, 0.3) is 0 Å². The van der Waals surface area contributed by atoms with Crippen LogP contribution in [0.4, 0.5) is 15.3 Å². The second-order valence-corrected chi connectivity index (χ2v) is 13.2. The Bertz CT molecular complexity index is 1260. The molecule has 49 heavy (non-hydrogen) atoms. The summed E-state index contributed by atoms with van der Waals surface area (Å²) in [6, 6.07) is 3.74. The Morgan fingerprint density at radius 1 is 0.939 bits per heavy atom. The maximum absolute atomic E-state index is 13.6. The second-order valence-electron chi connectivity index (χ2n) is 13.2. The highest BCUT2D eigenvalue weighted by Gasteiger charge is 2.30. The number of esters is 1. The van der Waals surface area contributed by atoms with Crippen LogP contribution >= 0.6 is 0 Å². The molecule has 1 rings (SSSR count). The number of nitrogens with two attached hydrogens (primary N) is 1. The zero-order chi connectivity index (χ0) is 37.1. The largest absolute Gasteiger partial charge is 0.490 e. The van der Waals surface area contributed by atoms with E-state index in [4.69, 9.17) is 24.7 Å². The van der Waals surface area contributed by atoms with Crippen LogP contribution in [-0.2, 0) is 28.6 Å². The van der Waals surface area contributed by atoms with E-state index in [-0.39, 0.29) is 87.5 Å². The number of nitrogens with one attached hydrogen (secondary N) is 3. The van der Waals surface area contributed by atoms with Crippen molar-refractivity contribution in [1.29, 1.82) is 0 Å². The van der Waals surface area contributed by atoms with Crippen molar-refractivity contribution in [2.24, 2.45) is 23.5 Å². The number of primary amides is 1. The molecule has 0 heterocycles. The number of nitrogens with zero attached hydrogens (tertiary/aromatic N) is 1. The normalized spacial score (nSPS) is 12.5. The lowest BCUT2D eigenvalue weighted by Crippen LogP contribution is -2.34. The van der Waals surface area contributed by atoms with E-state index < -0.39 is 41.4 Å². The molecule has 0 unspecified atom stereocenters. The molecule has 0 spiro atoms. The highest BCUT2D eigenvalue weighted by atomic mass is 16.6. The molecule has 276 valence electrons. The summed E-state index contributed by atoms with van der Waals surface area (Å²) in [4.78, 5) is 76.6. The first-order valence-electron chi connectivity index (χ1n) is 16.4. The standard InChI is InChI=1S/C34H55N5O10/c1-22(2)27(20-25(40)21-39(6)7)28(41)18-23(10-9-13-36-32(35)44)30(42)38-24-11-12-26(31(43)46-8)29(19-24)48-17-16-47-15-14-37-33(45)49-34(3,4)5/h11-12,19,22-23,27H,9-10,13-18,20-21H2,1-8H3,(H,37,45)(H,38,42)(H3,35,36,44)/t23-,27+/m1/s1. The summed E-state index contributed by atoms with van der Waals surface area (Å²) in [5, 5.41) is 7.88. The average molecular weight is 694 g/mol. The topological polar surface area (TPSA) is 205 Å². The van der Waals surface area contributed by atoms with Crippen LogP contribution in [0.3, 0.4) is 0 Å². The van der Waals surface area contributed by atoms with E-state index in [1.165, 1.54) is 25.3 Å². The Morgan fingerprint density at radius 2 is 1.63 bits per heavy atom. The highest BCUT2D eigenvalue weighted by molar-refractivity contribution is 5.98. The van der Waals surface area contributed by atoms with Gasteiger partial charge < -0.3 is 45.5 Å². The van der Waals surface area contributed by atoms with Gasteiger partial charge in [-0.05, 0) is 65.8 Å². The number of amides is 4. The average Bonchev–Trinajstić information content (AvgIpc) is 2.98. The fourth-order valence-electron chi connectivity index (χ4n) is 4.76. The Morgan fingerprint density at radius 3 is 2.22 bits per heavy atom. The van der Waals surface area contributed by atoms with E-state index in [0.29, 0.717) is 12.1 Å². The summed E-state index contributed by atoms with van der Waals surface area (Å²) < 4.78 is 21.3. The van der Waals surface area contributed by atoms with Gasteiger partial charge in [-0.1, -0.05) is 13.8 Å². The molecular formula is C34H55N5O10. The number of alkyl carbamates (subject to hydrolysis) is 1. The molecule has 0 aliphatic carbocycles. The Hall–Kier alpha value is -4.24. The number of ketones is 2. The summed E-state index contributed by atoms with van der Waals surface area (Å²) in [6.45, 7) is 10.0. The smallest absolute Gasteiger partial charge is 0.407 e. The van der Waals surface area contributed by atoms with Gasteiger partial charge in [0.2, 0.25) is 5.91 Å². The molecule has 0 saturated carbocycles. The Labute approximate surface area is 289 Å². The molecule has 1 aromatic carbocycles.